The number of halogens is 2. The molecule has 0 amide bonds. The lowest BCUT2D eigenvalue weighted by Crippen LogP contribution is -2.07. The van der Waals surface area contributed by atoms with Gasteiger partial charge in [-0.1, -0.05) is 77.8 Å². The van der Waals surface area contributed by atoms with Crippen LogP contribution in [-0.2, 0) is 6.61 Å². The van der Waals surface area contributed by atoms with Gasteiger partial charge >= 0.3 is 0 Å². The molecule has 1 aromatic heterocycles. The number of hydrazone groups is 1. The molecule has 5 rings (SSSR count). The molecular weight excluding hydrogens is 533 g/mol. The van der Waals surface area contributed by atoms with E-state index in [0.717, 1.165) is 22.5 Å². The predicted octanol–water partition coefficient (Wildman–Crippen LogP) is 7.69. The summed E-state index contributed by atoms with van der Waals surface area (Å²) in [7, 11) is 0. The van der Waals surface area contributed by atoms with Crippen LogP contribution in [0.3, 0.4) is 0 Å². The standard InChI is InChI=1S/C29H23Cl2N7O/c30-22-15-14-21(26(31)17-22)19-39-25-13-7-8-20(16-25)18-32-38-29-36-27(33-23-9-3-1-4-10-23)35-28(37-29)34-24-11-5-2-6-12-24/h1-18H,19H2,(H3,33,34,35,36,37,38)/b32-18-. The molecule has 0 atom stereocenters. The fourth-order valence-electron chi connectivity index (χ4n) is 3.49. The second-order valence-electron chi connectivity index (χ2n) is 8.26. The molecule has 0 spiro atoms. The third-order valence-electron chi connectivity index (χ3n) is 5.34. The molecule has 0 radical (unpaired) electrons. The van der Waals surface area contributed by atoms with Crippen LogP contribution in [-0.4, -0.2) is 21.2 Å². The van der Waals surface area contributed by atoms with E-state index in [9.17, 15) is 0 Å². The normalized spacial score (nSPS) is 10.8. The first kappa shape index (κ1) is 26.0. The van der Waals surface area contributed by atoms with E-state index >= 15 is 0 Å². The second-order valence-corrected chi connectivity index (χ2v) is 9.10. The van der Waals surface area contributed by atoms with Crippen LogP contribution in [0.15, 0.2) is 108 Å². The van der Waals surface area contributed by atoms with Crippen LogP contribution in [0.2, 0.25) is 10.0 Å². The van der Waals surface area contributed by atoms with Crippen LogP contribution in [0.1, 0.15) is 11.1 Å². The SMILES string of the molecule is Clc1ccc(COc2cccc(/C=N\Nc3nc(Nc4ccccc4)nc(Nc4ccccc4)n3)c2)c(Cl)c1. The molecule has 39 heavy (non-hydrogen) atoms. The predicted molar refractivity (Wildman–Crippen MR) is 158 cm³/mol. The molecule has 0 aliphatic rings. The highest BCUT2D eigenvalue weighted by atomic mass is 35.5. The topological polar surface area (TPSA) is 96.4 Å². The van der Waals surface area contributed by atoms with E-state index in [-0.39, 0.29) is 5.95 Å². The number of hydrogen-bond donors (Lipinski definition) is 3. The van der Waals surface area contributed by atoms with Crippen molar-refractivity contribution in [3.8, 4) is 5.75 Å². The summed E-state index contributed by atoms with van der Waals surface area (Å²) in [5, 5.41) is 11.8. The van der Waals surface area contributed by atoms with Gasteiger partial charge < -0.3 is 15.4 Å². The van der Waals surface area contributed by atoms with Crippen LogP contribution in [0.25, 0.3) is 0 Å². The Labute approximate surface area is 235 Å². The fourth-order valence-corrected chi connectivity index (χ4v) is 3.95. The first-order chi connectivity index (χ1) is 19.1. The van der Waals surface area contributed by atoms with Crippen LogP contribution in [0.4, 0.5) is 29.2 Å². The largest absolute Gasteiger partial charge is 0.489 e. The minimum absolute atomic E-state index is 0.267. The minimum atomic E-state index is 0.267. The van der Waals surface area contributed by atoms with Crippen molar-refractivity contribution in [1.82, 2.24) is 15.0 Å². The van der Waals surface area contributed by atoms with Gasteiger partial charge in [-0.25, -0.2) is 5.43 Å². The highest BCUT2D eigenvalue weighted by Gasteiger charge is 2.08. The quantitative estimate of drug-likeness (QED) is 0.120. The molecule has 194 valence electrons. The molecule has 0 saturated carbocycles. The zero-order valence-electron chi connectivity index (χ0n) is 20.6. The van der Waals surface area contributed by atoms with Crippen LogP contribution >= 0.6 is 23.2 Å². The molecule has 0 unspecified atom stereocenters. The van der Waals surface area contributed by atoms with Crippen molar-refractivity contribution in [3.63, 3.8) is 0 Å². The number of nitrogens with one attached hydrogen (secondary N) is 3. The molecule has 3 N–H and O–H groups in total. The summed E-state index contributed by atoms with van der Waals surface area (Å²) in [6, 6.07) is 32.1. The van der Waals surface area contributed by atoms with Gasteiger partial charge in [-0.05, 0) is 54.1 Å². The van der Waals surface area contributed by atoms with E-state index in [0.29, 0.717) is 34.3 Å². The Hall–Kier alpha value is -4.66. The maximum atomic E-state index is 6.25. The van der Waals surface area contributed by atoms with Gasteiger partial charge in [0.1, 0.15) is 12.4 Å². The van der Waals surface area contributed by atoms with Crippen LogP contribution < -0.4 is 20.8 Å². The van der Waals surface area contributed by atoms with Gasteiger partial charge in [-0.15, -0.1) is 0 Å². The Balaban J connectivity index is 1.29. The van der Waals surface area contributed by atoms with Gasteiger partial charge in [-0.2, -0.15) is 20.1 Å². The number of anilines is 5. The molecule has 0 saturated heterocycles. The summed E-state index contributed by atoms with van der Waals surface area (Å²) < 4.78 is 5.90. The monoisotopic (exact) mass is 555 g/mol. The van der Waals surface area contributed by atoms with Crippen molar-refractivity contribution in [1.29, 1.82) is 0 Å². The molecular formula is C29H23Cl2N7O. The average molecular weight is 556 g/mol. The third-order valence-corrected chi connectivity index (χ3v) is 5.93. The van der Waals surface area contributed by atoms with Crippen molar-refractivity contribution in [2.45, 2.75) is 6.61 Å². The zero-order valence-corrected chi connectivity index (χ0v) is 22.1. The molecule has 0 fully saturated rings. The summed E-state index contributed by atoms with van der Waals surface area (Å²) in [6.07, 6.45) is 1.65. The lowest BCUT2D eigenvalue weighted by Gasteiger charge is -2.10. The van der Waals surface area contributed by atoms with Crippen molar-refractivity contribution >= 4 is 58.6 Å². The number of nitrogens with zero attached hydrogens (tertiary/aromatic N) is 4. The summed E-state index contributed by atoms with van der Waals surface area (Å²) in [4.78, 5) is 13.4. The van der Waals surface area contributed by atoms with Crippen molar-refractivity contribution in [2.24, 2.45) is 5.10 Å². The zero-order chi connectivity index (χ0) is 26.9. The molecule has 0 aliphatic heterocycles. The van der Waals surface area contributed by atoms with E-state index in [1.165, 1.54) is 0 Å². The molecule has 5 aromatic rings. The first-order valence-electron chi connectivity index (χ1n) is 12.0. The highest BCUT2D eigenvalue weighted by molar-refractivity contribution is 6.35. The molecule has 0 bridgehead atoms. The lowest BCUT2D eigenvalue weighted by atomic mass is 10.2. The fraction of sp³-hybridized carbons (Fsp3) is 0.0345. The summed E-state index contributed by atoms with van der Waals surface area (Å²) >= 11 is 12.2. The highest BCUT2D eigenvalue weighted by Crippen LogP contribution is 2.23. The minimum Gasteiger partial charge on any atom is -0.489 e. The van der Waals surface area contributed by atoms with Crippen molar-refractivity contribution in [3.05, 3.63) is 124 Å². The Morgan fingerprint density at radius 3 is 1.97 bits per heavy atom. The maximum Gasteiger partial charge on any atom is 0.250 e. The van der Waals surface area contributed by atoms with E-state index in [4.69, 9.17) is 27.9 Å². The van der Waals surface area contributed by atoms with Gasteiger partial charge in [-0.3, -0.25) is 0 Å². The number of benzene rings is 4. The Bertz CT molecular complexity index is 1510. The lowest BCUT2D eigenvalue weighted by molar-refractivity contribution is 0.306. The summed E-state index contributed by atoms with van der Waals surface area (Å²) in [5.41, 5.74) is 6.25. The van der Waals surface area contributed by atoms with E-state index in [1.54, 1.807) is 18.3 Å². The third kappa shape index (κ3) is 7.67. The van der Waals surface area contributed by atoms with Crippen molar-refractivity contribution < 1.29 is 4.74 Å². The van der Waals surface area contributed by atoms with Crippen LogP contribution in [0.5, 0.6) is 5.75 Å². The summed E-state index contributed by atoms with van der Waals surface area (Å²) in [6.45, 7) is 0.314. The van der Waals surface area contributed by atoms with Gasteiger partial charge in [0.05, 0.1) is 6.21 Å². The number of rotatable bonds is 10. The Kier molecular flexibility index (Phi) is 8.48. The Morgan fingerprint density at radius 2 is 1.33 bits per heavy atom. The molecule has 10 heteroatoms. The van der Waals surface area contributed by atoms with Gasteiger partial charge in [0.2, 0.25) is 17.8 Å². The van der Waals surface area contributed by atoms with Gasteiger partial charge in [0, 0.05) is 27.0 Å². The smallest absolute Gasteiger partial charge is 0.250 e. The molecule has 8 nitrogen and oxygen atoms in total. The number of aromatic nitrogens is 3. The van der Waals surface area contributed by atoms with Crippen molar-refractivity contribution in [2.75, 3.05) is 16.1 Å². The first-order valence-corrected chi connectivity index (χ1v) is 12.7. The molecule has 1 heterocycles. The summed E-state index contributed by atoms with van der Waals surface area (Å²) in [5.74, 6) is 1.67. The Morgan fingerprint density at radius 1 is 0.692 bits per heavy atom. The molecule has 0 aliphatic carbocycles. The maximum absolute atomic E-state index is 6.25. The van der Waals surface area contributed by atoms with E-state index in [2.05, 4.69) is 36.1 Å². The number of para-hydroxylation sites is 2. The van der Waals surface area contributed by atoms with Gasteiger partial charge in [0.25, 0.3) is 0 Å². The second kappa shape index (κ2) is 12.7. The molecule has 4 aromatic carbocycles. The van der Waals surface area contributed by atoms with Crippen LogP contribution in [0, 0.1) is 0 Å². The number of ether oxygens (including phenoxy) is 1. The number of hydrogen-bond acceptors (Lipinski definition) is 8. The van der Waals surface area contributed by atoms with E-state index < -0.39 is 0 Å². The average Bonchev–Trinajstić information content (AvgIpc) is 2.94. The van der Waals surface area contributed by atoms with Gasteiger partial charge in [0.15, 0.2) is 0 Å². The van der Waals surface area contributed by atoms with E-state index in [1.807, 2.05) is 91.0 Å².